The third-order valence-corrected chi connectivity index (χ3v) is 3.84. The molecule has 4 heteroatoms. The lowest BCUT2D eigenvalue weighted by molar-refractivity contribution is -0.114. The van der Waals surface area contributed by atoms with Gasteiger partial charge in [0.05, 0.1) is 11.3 Å². The highest BCUT2D eigenvalue weighted by Gasteiger charge is 2.38. The fourth-order valence-electron chi connectivity index (χ4n) is 2.75. The minimum absolute atomic E-state index is 0.0438. The van der Waals surface area contributed by atoms with Crippen molar-refractivity contribution in [1.29, 1.82) is 0 Å². The molecule has 0 aromatic heterocycles. The maximum absolute atomic E-state index is 12.3. The van der Waals surface area contributed by atoms with E-state index < -0.39 is 11.7 Å². The second-order valence-electron chi connectivity index (χ2n) is 5.36. The Kier molecular flexibility index (Phi) is 3.59. The first-order chi connectivity index (χ1) is 10.6. The predicted octanol–water partition coefficient (Wildman–Crippen LogP) is 2.88. The molecule has 1 amide bonds. The van der Waals surface area contributed by atoms with Gasteiger partial charge in [0, 0.05) is 18.0 Å². The summed E-state index contributed by atoms with van der Waals surface area (Å²) < 4.78 is 0. The van der Waals surface area contributed by atoms with E-state index in [1.54, 1.807) is 55.5 Å². The van der Waals surface area contributed by atoms with Gasteiger partial charge in [0.25, 0.3) is 11.7 Å². The van der Waals surface area contributed by atoms with Crippen molar-refractivity contribution < 1.29 is 14.4 Å². The average Bonchev–Trinajstić information content (AvgIpc) is 2.80. The molecule has 0 saturated heterocycles. The van der Waals surface area contributed by atoms with Gasteiger partial charge in [-0.1, -0.05) is 42.5 Å². The number of rotatable bonds is 4. The van der Waals surface area contributed by atoms with Crippen molar-refractivity contribution in [1.82, 2.24) is 0 Å². The van der Waals surface area contributed by atoms with Gasteiger partial charge in [-0.3, -0.25) is 14.4 Å². The van der Waals surface area contributed by atoms with E-state index in [4.69, 9.17) is 0 Å². The number of para-hydroxylation sites is 1. The topological polar surface area (TPSA) is 54.5 Å². The van der Waals surface area contributed by atoms with Gasteiger partial charge in [0.2, 0.25) is 0 Å². The molecule has 1 aliphatic heterocycles. The number of carbonyl (C=O) groups is 3. The summed E-state index contributed by atoms with van der Waals surface area (Å²) in [5.74, 6) is -1.11. The van der Waals surface area contributed by atoms with E-state index in [1.807, 2.05) is 6.07 Å². The van der Waals surface area contributed by atoms with Crippen molar-refractivity contribution in [2.24, 2.45) is 0 Å². The first-order valence-corrected chi connectivity index (χ1v) is 7.14. The van der Waals surface area contributed by atoms with Crippen LogP contribution in [0.2, 0.25) is 0 Å². The molecular weight excluding hydrogens is 278 g/mol. The van der Waals surface area contributed by atoms with Gasteiger partial charge >= 0.3 is 0 Å². The van der Waals surface area contributed by atoms with E-state index in [9.17, 15) is 14.4 Å². The minimum atomic E-state index is -0.561. The number of ketones is 2. The molecule has 1 heterocycles. The fraction of sp³-hybridized carbons (Fsp3) is 0.167. The summed E-state index contributed by atoms with van der Waals surface area (Å²) in [4.78, 5) is 37.9. The summed E-state index contributed by atoms with van der Waals surface area (Å²) in [6.07, 6.45) is 0.178. The molecule has 2 aromatic carbocycles. The molecule has 1 atom stereocenters. The number of amides is 1. The number of fused-ring (bicyclic) bond motifs is 1. The van der Waals surface area contributed by atoms with Crippen LogP contribution >= 0.6 is 0 Å². The number of anilines is 1. The lowest BCUT2D eigenvalue weighted by Crippen LogP contribution is -2.39. The Bertz CT molecular complexity index is 752. The molecule has 0 bridgehead atoms. The van der Waals surface area contributed by atoms with Gasteiger partial charge in [0.1, 0.15) is 0 Å². The number of Topliss-reactive ketones (excluding diaryl/α,β-unsaturated/α-hetero) is 2. The molecule has 0 saturated carbocycles. The van der Waals surface area contributed by atoms with Crippen molar-refractivity contribution in [3.8, 4) is 0 Å². The van der Waals surface area contributed by atoms with Gasteiger partial charge in [0.15, 0.2) is 5.78 Å². The second-order valence-corrected chi connectivity index (χ2v) is 5.36. The van der Waals surface area contributed by atoms with E-state index in [1.165, 1.54) is 4.90 Å². The number of carbonyl (C=O) groups excluding carboxylic acids is 3. The van der Waals surface area contributed by atoms with Gasteiger partial charge in [-0.25, -0.2) is 0 Å². The van der Waals surface area contributed by atoms with Crippen LogP contribution in [0.15, 0.2) is 54.6 Å². The summed E-state index contributed by atoms with van der Waals surface area (Å²) in [5, 5.41) is 0. The summed E-state index contributed by atoms with van der Waals surface area (Å²) in [6.45, 7) is 1.79. The monoisotopic (exact) mass is 293 g/mol. The highest BCUT2D eigenvalue weighted by atomic mass is 16.2. The molecule has 1 aliphatic rings. The van der Waals surface area contributed by atoms with E-state index in [0.717, 1.165) is 0 Å². The molecule has 1 unspecified atom stereocenters. The maximum Gasteiger partial charge on any atom is 0.299 e. The van der Waals surface area contributed by atoms with Crippen molar-refractivity contribution in [3.63, 3.8) is 0 Å². The van der Waals surface area contributed by atoms with Crippen LogP contribution in [0, 0.1) is 0 Å². The molecule has 4 nitrogen and oxygen atoms in total. The van der Waals surface area contributed by atoms with E-state index >= 15 is 0 Å². The molecule has 110 valence electrons. The van der Waals surface area contributed by atoms with Crippen LogP contribution in [0.25, 0.3) is 0 Å². The highest BCUT2D eigenvalue weighted by Crippen LogP contribution is 2.31. The lowest BCUT2D eigenvalue weighted by Gasteiger charge is -2.24. The molecule has 0 radical (unpaired) electrons. The number of benzene rings is 2. The zero-order valence-electron chi connectivity index (χ0n) is 12.2. The zero-order chi connectivity index (χ0) is 15.7. The minimum Gasteiger partial charge on any atom is -0.302 e. The van der Waals surface area contributed by atoms with Crippen molar-refractivity contribution in [3.05, 3.63) is 65.7 Å². The van der Waals surface area contributed by atoms with E-state index in [-0.39, 0.29) is 18.2 Å². The first-order valence-electron chi connectivity index (χ1n) is 7.14. The number of hydrogen-bond acceptors (Lipinski definition) is 3. The standard InChI is InChI=1S/C18H15NO3/c1-12(11-16(20)13-7-3-2-4-8-13)19-15-10-6-5-9-14(15)17(21)18(19)22/h2-10,12H,11H2,1H3. The number of hydrogen-bond donors (Lipinski definition) is 0. The van der Waals surface area contributed by atoms with Crippen LogP contribution < -0.4 is 4.90 Å². The summed E-state index contributed by atoms with van der Waals surface area (Å²) in [6, 6.07) is 15.5. The summed E-state index contributed by atoms with van der Waals surface area (Å²) >= 11 is 0. The predicted molar refractivity (Wildman–Crippen MR) is 83.1 cm³/mol. The van der Waals surface area contributed by atoms with Crippen LogP contribution in [0.4, 0.5) is 5.69 Å². The zero-order valence-corrected chi connectivity index (χ0v) is 12.2. The molecule has 0 aliphatic carbocycles. The van der Waals surface area contributed by atoms with Crippen LogP contribution in [0.3, 0.4) is 0 Å². The summed E-state index contributed by atoms with van der Waals surface area (Å²) in [7, 11) is 0. The van der Waals surface area contributed by atoms with E-state index in [2.05, 4.69) is 0 Å². The Morgan fingerprint density at radius 1 is 1.00 bits per heavy atom. The van der Waals surface area contributed by atoms with Gasteiger partial charge in [-0.05, 0) is 19.1 Å². The van der Waals surface area contributed by atoms with Crippen molar-refractivity contribution in [2.45, 2.75) is 19.4 Å². The Morgan fingerprint density at radius 3 is 2.36 bits per heavy atom. The second kappa shape index (κ2) is 5.56. The molecular formula is C18H15NO3. The third-order valence-electron chi connectivity index (χ3n) is 3.84. The van der Waals surface area contributed by atoms with Crippen molar-refractivity contribution >= 4 is 23.2 Å². The first kappa shape index (κ1) is 14.2. The normalized spacial score (nSPS) is 14.9. The average molecular weight is 293 g/mol. The number of nitrogens with zero attached hydrogens (tertiary/aromatic N) is 1. The maximum atomic E-state index is 12.3. The smallest absolute Gasteiger partial charge is 0.299 e. The van der Waals surface area contributed by atoms with Crippen LogP contribution in [-0.4, -0.2) is 23.5 Å². The highest BCUT2D eigenvalue weighted by molar-refractivity contribution is 6.52. The van der Waals surface area contributed by atoms with Crippen LogP contribution in [0.5, 0.6) is 0 Å². The largest absolute Gasteiger partial charge is 0.302 e. The van der Waals surface area contributed by atoms with Crippen molar-refractivity contribution in [2.75, 3.05) is 4.90 Å². The van der Waals surface area contributed by atoms with E-state index in [0.29, 0.717) is 16.8 Å². The summed E-state index contributed by atoms with van der Waals surface area (Å²) in [5.41, 5.74) is 1.61. The van der Waals surface area contributed by atoms with Gasteiger partial charge in [-0.2, -0.15) is 0 Å². The molecule has 0 spiro atoms. The molecule has 22 heavy (non-hydrogen) atoms. The lowest BCUT2D eigenvalue weighted by atomic mass is 10.0. The molecule has 2 aromatic rings. The molecule has 0 N–H and O–H groups in total. The molecule has 0 fully saturated rings. The van der Waals surface area contributed by atoms with Crippen LogP contribution in [0.1, 0.15) is 34.1 Å². The molecule has 3 rings (SSSR count). The van der Waals surface area contributed by atoms with Crippen LogP contribution in [-0.2, 0) is 4.79 Å². The Labute approximate surface area is 128 Å². The Balaban J connectivity index is 1.84. The quantitative estimate of drug-likeness (QED) is 0.643. The Morgan fingerprint density at radius 2 is 1.64 bits per heavy atom. The Hall–Kier alpha value is -2.75. The van der Waals surface area contributed by atoms with Gasteiger partial charge in [-0.15, -0.1) is 0 Å². The van der Waals surface area contributed by atoms with Gasteiger partial charge < -0.3 is 4.90 Å². The third kappa shape index (κ3) is 2.33. The fourth-order valence-corrected chi connectivity index (χ4v) is 2.75. The SMILES string of the molecule is CC(CC(=O)c1ccccc1)N1C(=O)C(=O)c2ccccc21.